The van der Waals surface area contributed by atoms with Gasteiger partial charge in [-0.2, -0.15) is 0 Å². The molecule has 1 atom stereocenters. The highest BCUT2D eigenvalue weighted by atomic mass is 16.7. The second-order valence-electron chi connectivity index (χ2n) is 8.17. The zero-order valence-corrected chi connectivity index (χ0v) is 18.9. The van der Waals surface area contributed by atoms with Gasteiger partial charge in [0.15, 0.2) is 0 Å². The molecule has 1 amide bonds. The van der Waals surface area contributed by atoms with Crippen molar-refractivity contribution in [3.05, 3.63) is 30.7 Å². The molecule has 3 aromatic rings. The van der Waals surface area contributed by atoms with Crippen molar-refractivity contribution in [3.8, 4) is 16.9 Å². The molecule has 3 N–H and O–H groups in total. The Morgan fingerprint density at radius 3 is 2.88 bits per heavy atom. The average Bonchev–Trinajstić information content (AvgIpc) is 3.52. The summed E-state index contributed by atoms with van der Waals surface area (Å²) in [5.41, 5.74) is 9.31. The van der Waals surface area contributed by atoms with Crippen LogP contribution in [0.3, 0.4) is 0 Å². The number of ether oxygens (including phenoxy) is 5. The molecule has 2 aliphatic rings. The van der Waals surface area contributed by atoms with Crippen LogP contribution < -0.4 is 15.8 Å². The Morgan fingerprint density at radius 1 is 1.26 bits per heavy atom. The van der Waals surface area contributed by atoms with Gasteiger partial charge in [-0.1, -0.05) is 6.07 Å². The fourth-order valence-electron chi connectivity index (χ4n) is 4.31. The molecule has 2 aliphatic heterocycles. The Bertz CT molecular complexity index is 1170. The van der Waals surface area contributed by atoms with Gasteiger partial charge in [0.1, 0.15) is 43.0 Å². The lowest BCUT2D eigenvalue weighted by molar-refractivity contribution is 0.0240. The van der Waals surface area contributed by atoms with Gasteiger partial charge in [0.25, 0.3) is 0 Å². The zero-order valence-electron chi connectivity index (χ0n) is 18.9. The summed E-state index contributed by atoms with van der Waals surface area (Å²) in [6, 6.07) is 5.77. The van der Waals surface area contributed by atoms with E-state index < -0.39 is 6.09 Å². The van der Waals surface area contributed by atoms with Crippen LogP contribution in [-0.4, -0.2) is 67.1 Å². The molecule has 11 nitrogen and oxygen atoms in total. The van der Waals surface area contributed by atoms with Gasteiger partial charge < -0.3 is 34.0 Å². The molecule has 1 aromatic carbocycles. The normalized spacial score (nSPS) is 18.8. The van der Waals surface area contributed by atoms with E-state index >= 15 is 0 Å². The largest absolute Gasteiger partial charge is 0.495 e. The van der Waals surface area contributed by atoms with Crippen molar-refractivity contribution in [2.24, 2.45) is 0 Å². The van der Waals surface area contributed by atoms with Gasteiger partial charge in [0.05, 0.1) is 24.8 Å². The first-order valence-corrected chi connectivity index (χ1v) is 11.1. The van der Waals surface area contributed by atoms with Crippen LogP contribution in [0.4, 0.5) is 16.3 Å². The first-order valence-electron chi connectivity index (χ1n) is 11.1. The maximum absolute atomic E-state index is 12.3. The van der Waals surface area contributed by atoms with E-state index in [-0.39, 0.29) is 25.5 Å². The molecule has 0 bridgehead atoms. The molecule has 34 heavy (non-hydrogen) atoms. The maximum atomic E-state index is 12.3. The van der Waals surface area contributed by atoms with Crippen molar-refractivity contribution in [2.45, 2.75) is 25.0 Å². The van der Waals surface area contributed by atoms with Crippen LogP contribution in [0.2, 0.25) is 0 Å². The highest BCUT2D eigenvalue weighted by molar-refractivity contribution is 6.01. The molecule has 1 unspecified atom stereocenters. The SMILES string of the molecule is COc1cc(-c2cn(C3CCOCC3)c3ncnc(N)c23)ccc1NC(=O)OCC1COCO1. The first-order chi connectivity index (χ1) is 16.6. The van der Waals surface area contributed by atoms with E-state index in [4.69, 9.17) is 29.4 Å². The van der Waals surface area contributed by atoms with Crippen LogP contribution in [0, 0.1) is 0 Å². The highest BCUT2D eigenvalue weighted by Crippen LogP contribution is 2.39. The summed E-state index contributed by atoms with van der Waals surface area (Å²) in [6.45, 7) is 2.15. The quantitative estimate of drug-likeness (QED) is 0.559. The molecule has 0 aliphatic carbocycles. The number of amides is 1. The highest BCUT2D eigenvalue weighted by Gasteiger charge is 2.23. The van der Waals surface area contributed by atoms with Crippen molar-refractivity contribution in [1.82, 2.24) is 14.5 Å². The third-order valence-corrected chi connectivity index (χ3v) is 6.06. The predicted octanol–water partition coefficient (Wildman–Crippen LogP) is 2.96. The molecule has 0 spiro atoms. The van der Waals surface area contributed by atoms with Gasteiger partial charge >= 0.3 is 6.09 Å². The zero-order chi connectivity index (χ0) is 23.5. The number of aromatic nitrogens is 3. The van der Waals surface area contributed by atoms with Crippen molar-refractivity contribution in [3.63, 3.8) is 0 Å². The smallest absolute Gasteiger partial charge is 0.411 e. The van der Waals surface area contributed by atoms with E-state index in [2.05, 4.69) is 26.0 Å². The van der Waals surface area contributed by atoms with Crippen LogP contribution in [0.1, 0.15) is 18.9 Å². The van der Waals surface area contributed by atoms with Crippen molar-refractivity contribution in [1.29, 1.82) is 0 Å². The van der Waals surface area contributed by atoms with Crippen molar-refractivity contribution in [2.75, 3.05) is 51.4 Å². The third kappa shape index (κ3) is 4.49. The second kappa shape index (κ2) is 9.84. The number of anilines is 2. The van der Waals surface area contributed by atoms with E-state index in [9.17, 15) is 4.79 Å². The minimum absolute atomic E-state index is 0.108. The standard InChI is InChI=1S/C23H27N5O6/c1-30-19-8-14(2-3-18(19)27-23(29)33-11-16-10-32-13-34-16)17-9-28(15-4-6-31-7-5-15)22-20(17)21(24)25-12-26-22/h2-3,8-9,12,15-16H,4-7,10-11,13H2,1H3,(H,27,29)(H2,24,25,26). The monoisotopic (exact) mass is 469 g/mol. The molecule has 11 heteroatoms. The summed E-state index contributed by atoms with van der Waals surface area (Å²) in [5.74, 6) is 0.894. The maximum Gasteiger partial charge on any atom is 0.411 e. The molecular weight excluding hydrogens is 442 g/mol. The number of carbonyl (C=O) groups excluding carboxylic acids is 1. The van der Waals surface area contributed by atoms with E-state index in [1.807, 2.05) is 12.1 Å². The Morgan fingerprint density at radius 2 is 2.12 bits per heavy atom. The van der Waals surface area contributed by atoms with Crippen LogP contribution in [0.15, 0.2) is 30.7 Å². The molecule has 2 fully saturated rings. The molecule has 0 saturated carbocycles. The summed E-state index contributed by atoms with van der Waals surface area (Å²) in [6.07, 6.45) is 4.50. The van der Waals surface area contributed by atoms with Crippen LogP contribution in [0.25, 0.3) is 22.2 Å². The molecule has 180 valence electrons. The number of rotatable bonds is 6. The molecular formula is C23H27N5O6. The van der Waals surface area contributed by atoms with E-state index in [0.29, 0.717) is 37.1 Å². The number of nitrogens with one attached hydrogen (secondary N) is 1. The van der Waals surface area contributed by atoms with Crippen LogP contribution in [0.5, 0.6) is 5.75 Å². The van der Waals surface area contributed by atoms with E-state index in [0.717, 1.165) is 35.0 Å². The number of fused-ring (bicyclic) bond motifs is 1. The molecule has 5 rings (SSSR count). The lowest BCUT2D eigenvalue weighted by Gasteiger charge is -2.24. The number of methoxy groups -OCH3 is 1. The van der Waals surface area contributed by atoms with Crippen LogP contribution >= 0.6 is 0 Å². The minimum atomic E-state index is -0.602. The van der Waals surface area contributed by atoms with E-state index in [1.54, 1.807) is 13.2 Å². The lowest BCUT2D eigenvalue weighted by atomic mass is 10.0. The van der Waals surface area contributed by atoms with Gasteiger partial charge in [-0.05, 0) is 30.5 Å². The lowest BCUT2D eigenvalue weighted by Crippen LogP contribution is -2.23. The number of benzene rings is 1. The number of hydrogen-bond donors (Lipinski definition) is 2. The van der Waals surface area contributed by atoms with Gasteiger partial charge in [0, 0.05) is 31.0 Å². The second-order valence-corrected chi connectivity index (χ2v) is 8.17. The topological polar surface area (TPSA) is 132 Å². The summed E-state index contributed by atoms with van der Waals surface area (Å²) in [5, 5.41) is 3.51. The van der Waals surface area contributed by atoms with Gasteiger partial charge in [-0.25, -0.2) is 14.8 Å². The summed E-state index contributed by atoms with van der Waals surface area (Å²) < 4.78 is 28.8. The molecule has 4 heterocycles. The summed E-state index contributed by atoms with van der Waals surface area (Å²) >= 11 is 0. The number of carbonyl (C=O) groups is 1. The third-order valence-electron chi connectivity index (χ3n) is 6.06. The Balaban J connectivity index is 1.42. The molecule has 2 aromatic heterocycles. The fourth-order valence-corrected chi connectivity index (χ4v) is 4.31. The minimum Gasteiger partial charge on any atom is -0.495 e. The molecule has 2 saturated heterocycles. The van der Waals surface area contributed by atoms with Crippen molar-refractivity contribution < 1.29 is 28.5 Å². The van der Waals surface area contributed by atoms with E-state index in [1.165, 1.54) is 6.33 Å². The van der Waals surface area contributed by atoms with Gasteiger partial charge in [-0.15, -0.1) is 0 Å². The average molecular weight is 469 g/mol. The predicted molar refractivity (Wildman–Crippen MR) is 124 cm³/mol. The van der Waals surface area contributed by atoms with Crippen molar-refractivity contribution >= 4 is 28.6 Å². The number of hydrogen-bond acceptors (Lipinski definition) is 9. The number of nitrogens with zero attached hydrogens (tertiary/aromatic N) is 3. The Kier molecular flexibility index (Phi) is 6.48. The number of nitrogen functional groups attached to an aromatic ring is 1. The number of nitrogens with two attached hydrogens (primary N) is 1. The summed E-state index contributed by atoms with van der Waals surface area (Å²) in [4.78, 5) is 21.0. The summed E-state index contributed by atoms with van der Waals surface area (Å²) in [7, 11) is 1.54. The van der Waals surface area contributed by atoms with Gasteiger partial charge in [0.2, 0.25) is 0 Å². The Hall–Kier alpha value is -3.41. The molecule has 0 radical (unpaired) electrons. The Labute approximate surface area is 196 Å². The first kappa shape index (κ1) is 22.4. The fraction of sp³-hybridized carbons (Fsp3) is 0.435. The van der Waals surface area contributed by atoms with Crippen LogP contribution in [-0.2, 0) is 18.9 Å². The van der Waals surface area contributed by atoms with Gasteiger partial charge in [-0.3, -0.25) is 5.32 Å².